The van der Waals surface area contributed by atoms with Crippen molar-refractivity contribution >= 4 is 29.4 Å². The van der Waals surface area contributed by atoms with Crippen LogP contribution < -0.4 is 19.6 Å². The van der Waals surface area contributed by atoms with Gasteiger partial charge in [0.05, 0.1) is 24.8 Å². The van der Waals surface area contributed by atoms with E-state index in [0.717, 1.165) is 22.5 Å². The first kappa shape index (κ1) is 22.6. The number of hydrogen-bond acceptors (Lipinski definition) is 5. The second kappa shape index (κ2) is 9.59. The number of carbonyl (C=O) groups is 2. The van der Waals surface area contributed by atoms with Gasteiger partial charge in [-0.3, -0.25) is 14.6 Å². The zero-order chi connectivity index (χ0) is 24.4. The van der Waals surface area contributed by atoms with Gasteiger partial charge in [0.15, 0.2) is 0 Å². The van der Waals surface area contributed by atoms with E-state index in [2.05, 4.69) is 26.8 Å². The van der Waals surface area contributed by atoms with Gasteiger partial charge >= 0.3 is 11.6 Å². The van der Waals surface area contributed by atoms with Crippen LogP contribution in [0.15, 0.2) is 48.0 Å². The van der Waals surface area contributed by atoms with Crippen LogP contribution >= 0.6 is 0 Å². The number of benzene rings is 1. The summed E-state index contributed by atoms with van der Waals surface area (Å²) in [5, 5.41) is 2.77. The largest absolute Gasteiger partial charge is 0.489 e. The van der Waals surface area contributed by atoms with Gasteiger partial charge in [-0.1, -0.05) is 22.6 Å². The molecule has 4 heterocycles. The Balaban J connectivity index is 1.25. The Hall–Kier alpha value is -4.18. The lowest BCUT2D eigenvalue weighted by Crippen LogP contribution is -2.51. The van der Waals surface area contributed by atoms with Gasteiger partial charge in [-0.2, -0.15) is 0 Å². The zero-order valence-electron chi connectivity index (χ0n) is 19.6. The number of nitrogens with one attached hydrogen (secondary N) is 1. The van der Waals surface area contributed by atoms with Crippen molar-refractivity contribution in [1.82, 2.24) is 15.0 Å². The molecule has 2 aromatic rings. The molecule has 8 heteroatoms. The van der Waals surface area contributed by atoms with E-state index in [9.17, 15) is 9.59 Å². The molecular weight excluding hydrogens is 444 g/mol. The van der Waals surface area contributed by atoms with Gasteiger partial charge in [0, 0.05) is 42.1 Å². The van der Waals surface area contributed by atoms with E-state index in [0.29, 0.717) is 31.1 Å². The predicted molar refractivity (Wildman–Crippen MR) is 132 cm³/mol. The molecule has 8 nitrogen and oxygen atoms in total. The van der Waals surface area contributed by atoms with Crippen LogP contribution in [0.3, 0.4) is 0 Å². The van der Waals surface area contributed by atoms with Crippen molar-refractivity contribution in [2.24, 2.45) is 5.92 Å². The number of anilines is 1. The lowest BCUT2D eigenvalue weighted by atomic mass is 10.1. The van der Waals surface area contributed by atoms with Gasteiger partial charge in [0.25, 0.3) is 12.1 Å². The maximum atomic E-state index is 13.1. The van der Waals surface area contributed by atoms with E-state index in [1.54, 1.807) is 25.4 Å². The SMILES string of the molecule is Cc1cccc(CC2=CC(C(=O)NC3COc4ccc(C#CC5COC5)cc4N(C)C3=O)=[N+]=C2)n1. The molecule has 0 bridgehead atoms. The fourth-order valence-electron chi connectivity index (χ4n) is 3.95. The van der Waals surface area contributed by atoms with E-state index in [-0.39, 0.29) is 24.1 Å². The number of aromatic nitrogens is 1. The number of fused-ring (bicyclic) bond motifs is 1. The van der Waals surface area contributed by atoms with Gasteiger partial charge in [-0.15, -0.1) is 0 Å². The highest BCUT2D eigenvalue weighted by atomic mass is 16.5. The fraction of sp³-hybridized carbons (Fsp3) is 0.296. The van der Waals surface area contributed by atoms with Crippen molar-refractivity contribution in [3.05, 3.63) is 65.0 Å². The summed E-state index contributed by atoms with van der Waals surface area (Å²) >= 11 is 0. The summed E-state index contributed by atoms with van der Waals surface area (Å²) in [5.41, 5.74) is 4.37. The molecule has 3 aliphatic heterocycles. The predicted octanol–water partition coefficient (Wildman–Crippen LogP) is 0.990. The van der Waals surface area contributed by atoms with Crippen LogP contribution in [0.4, 0.5) is 5.69 Å². The van der Waals surface area contributed by atoms with E-state index < -0.39 is 11.9 Å². The van der Waals surface area contributed by atoms with Crippen LogP contribution in [-0.4, -0.2) is 61.6 Å². The summed E-state index contributed by atoms with van der Waals surface area (Å²) in [6.45, 7) is 3.27. The van der Waals surface area contributed by atoms with Crippen molar-refractivity contribution in [3.8, 4) is 17.6 Å². The monoisotopic (exact) mass is 469 g/mol. The Kier molecular flexibility index (Phi) is 6.19. The van der Waals surface area contributed by atoms with Gasteiger partial charge < -0.3 is 19.7 Å². The second-order valence-electron chi connectivity index (χ2n) is 8.73. The Morgan fingerprint density at radius 1 is 1.26 bits per heavy atom. The summed E-state index contributed by atoms with van der Waals surface area (Å²) in [6.07, 6.45) is 3.95. The van der Waals surface area contributed by atoms with E-state index in [1.165, 1.54) is 4.90 Å². The van der Waals surface area contributed by atoms with Crippen molar-refractivity contribution in [3.63, 3.8) is 0 Å². The maximum absolute atomic E-state index is 13.1. The van der Waals surface area contributed by atoms with Crippen LogP contribution in [0.1, 0.15) is 17.0 Å². The van der Waals surface area contributed by atoms with Crippen molar-refractivity contribution in [1.29, 1.82) is 0 Å². The molecular formula is C27H25N4O4+. The molecule has 1 saturated heterocycles. The summed E-state index contributed by atoms with van der Waals surface area (Å²) in [4.78, 5) is 32.0. The minimum absolute atomic E-state index is 0.0210. The first-order valence-electron chi connectivity index (χ1n) is 11.4. The number of rotatable bonds is 4. The normalized spacial score (nSPS) is 18.9. The number of nitrogens with zero attached hydrogens (tertiary/aromatic N) is 3. The lowest BCUT2D eigenvalue weighted by Gasteiger charge is -2.20. The molecule has 1 aromatic carbocycles. The molecule has 0 saturated carbocycles. The van der Waals surface area contributed by atoms with Crippen LogP contribution in [0.2, 0.25) is 0 Å². The number of carbonyl (C=O) groups excluding carboxylic acids is 2. The van der Waals surface area contributed by atoms with E-state index in [4.69, 9.17) is 9.47 Å². The van der Waals surface area contributed by atoms with Gasteiger partial charge in [0.1, 0.15) is 18.4 Å². The number of pyridine rings is 1. The molecule has 1 unspecified atom stereocenters. The van der Waals surface area contributed by atoms with Crippen molar-refractivity contribution < 1.29 is 19.1 Å². The highest BCUT2D eigenvalue weighted by molar-refractivity contribution is 6.45. The molecule has 3 aliphatic rings. The average Bonchev–Trinajstić information content (AvgIpc) is 3.24. The molecule has 35 heavy (non-hydrogen) atoms. The van der Waals surface area contributed by atoms with Gasteiger partial charge in [-0.05, 0) is 37.3 Å². The number of likely N-dealkylation sites (N-methyl/N-ethyl adjacent to an activating group) is 1. The molecule has 1 atom stereocenters. The Labute approximate surface area is 203 Å². The Bertz CT molecular complexity index is 1360. The van der Waals surface area contributed by atoms with Crippen molar-refractivity contribution in [2.75, 3.05) is 31.8 Å². The van der Waals surface area contributed by atoms with Gasteiger partial charge in [0.2, 0.25) is 0 Å². The molecule has 1 aromatic heterocycles. The van der Waals surface area contributed by atoms with E-state index in [1.807, 2.05) is 37.3 Å². The molecule has 1 fully saturated rings. The molecule has 2 amide bonds. The fourth-order valence-corrected chi connectivity index (χ4v) is 3.95. The quantitative estimate of drug-likeness (QED) is 0.532. The van der Waals surface area contributed by atoms with Crippen LogP contribution in [0.5, 0.6) is 5.75 Å². The Morgan fingerprint density at radius 2 is 2.11 bits per heavy atom. The highest BCUT2D eigenvalue weighted by Crippen LogP contribution is 2.31. The number of aryl methyl sites for hydroxylation is 1. The molecule has 0 aliphatic carbocycles. The molecule has 5 rings (SSSR count). The van der Waals surface area contributed by atoms with E-state index >= 15 is 0 Å². The second-order valence-corrected chi connectivity index (χ2v) is 8.73. The number of hydrogen-bond donors (Lipinski definition) is 1. The summed E-state index contributed by atoms with van der Waals surface area (Å²) in [6, 6.07) is 10.5. The van der Waals surface area contributed by atoms with Crippen LogP contribution in [-0.2, 0) is 20.7 Å². The topological polar surface area (TPSA) is 94.9 Å². The summed E-state index contributed by atoms with van der Waals surface area (Å²) in [5.74, 6) is 6.42. The average molecular weight is 470 g/mol. The first-order valence-corrected chi connectivity index (χ1v) is 11.4. The third-order valence-corrected chi connectivity index (χ3v) is 5.97. The summed E-state index contributed by atoms with van der Waals surface area (Å²) in [7, 11) is 1.67. The zero-order valence-corrected chi connectivity index (χ0v) is 19.6. The molecule has 1 N–H and O–H groups in total. The smallest absolute Gasteiger partial charge is 0.391 e. The number of amides is 2. The standard InChI is InChI=1S/C27H24N4O4/c1-17-4-3-5-21(29-17)10-20-11-22(28-13-20)26(32)30-23-16-35-25-9-8-18(6-7-19-14-34-15-19)12-24(25)31(2)27(23)33/h3-5,8-9,11-13,19,23H,10,14-16H2,1-2H3/p+1. The lowest BCUT2D eigenvalue weighted by molar-refractivity contribution is -0.124. The Morgan fingerprint density at radius 3 is 2.89 bits per heavy atom. The first-order chi connectivity index (χ1) is 17.0. The maximum Gasteiger partial charge on any atom is 0.391 e. The van der Waals surface area contributed by atoms with Gasteiger partial charge in [-0.25, -0.2) is 0 Å². The highest BCUT2D eigenvalue weighted by Gasteiger charge is 2.34. The van der Waals surface area contributed by atoms with Crippen LogP contribution in [0.25, 0.3) is 0 Å². The third kappa shape index (κ3) is 5.02. The minimum Gasteiger partial charge on any atom is -0.489 e. The minimum atomic E-state index is -0.847. The number of ether oxygens (including phenoxy) is 2. The summed E-state index contributed by atoms with van der Waals surface area (Å²) < 4.78 is 15.3. The number of allylic oxidation sites excluding steroid dienone is 1. The van der Waals surface area contributed by atoms with Crippen molar-refractivity contribution in [2.45, 2.75) is 19.4 Å². The molecule has 176 valence electrons. The molecule has 0 spiro atoms. The third-order valence-electron chi connectivity index (χ3n) is 5.97. The molecule has 0 radical (unpaired) electrons. The van der Waals surface area contributed by atoms with Crippen LogP contribution in [0, 0.1) is 24.7 Å².